The van der Waals surface area contributed by atoms with Gasteiger partial charge in [0.2, 0.25) is 0 Å². The first-order valence-electron chi connectivity index (χ1n) is 7.63. The molecule has 1 aromatic rings. The molecule has 1 aromatic carbocycles. The Morgan fingerprint density at radius 2 is 2.10 bits per heavy atom. The molecule has 2 aliphatic rings. The van der Waals surface area contributed by atoms with Crippen LogP contribution in [0.25, 0.3) is 0 Å². The van der Waals surface area contributed by atoms with Crippen molar-refractivity contribution in [2.45, 2.75) is 38.3 Å². The predicted octanol–water partition coefficient (Wildman–Crippen LogP) is 2.66. The molecule has 2 bridgehead atoms. The second-order valence-corrected chi connectivity index (χ2v) is 5.80. The van der Waals surface area contributed by atoms with Gasteiger partial charge in [-0.3, -0.25) is 0 Å². The molecule has 2 fully saturated rings. The number of hydrogen-bond donors (Lipinski definition) is 1. The Balaban J connectivity index is 1.63. The average molecular weight is 290 g/mol. The molecule has 1 heterocycles. The quantitative estimate of drug-likeness (QED) is 0.869. The highest BCUT2D eigenvalue weighted by Gasteiger charge is 2.44. The lowest BCUT2D eigenvalue weighted by Crippen LogP contribution is -2.35. The Labute approximate surface area is 125 Å². The lowest BCUT2D eigenvalue weighted by Gasteiger charge is -2.28. The molecule has 5 heteroatoms. The van der Waals surface area contributed by atoms with E-state index in [1.807, 2.05) is 36.1 Å². The summed E-state index contributed by atoms with van der Waals surface area (Å²) < 4.78 is 11.2. The van der Waals surface area contributed by atoms with Crippen LogP contribution in [0.1, 0.15) is 26.2 Å². The van der Waals surface area contributed by atoms with E-state index in [0.29, 0.717) is 18.6 Å². The van der Waals surface area contributed by atoms with Gasteiger partial charge in [-0.05, 0) is 50.5 Å². The van der Waals surface area contributed by atoms with Crippen LogP contribution in [0.15, 0.2) is 24.3 Å². The van der Waals surface area contributed by atoms with Crippen LogP contribution in [-0.4, -0.2) is 36.3 Å². The first-order valence-corrected chi connectivity index (χ1v) is 7.63. The molecule has 1 saturated carbocycles. The maximum atomic E-state index is 11.9. The predicted molar refractivity (Wildman–Crippen MR) is 80.1 cm³/mol. The molecule has 5 nitrogen and oxygen atoms in total. The van der Waals surface area contributed by atoms with Crippen LogP contribution in [0.5, 0.6) is 5.75 Å². The van der Waals surface area contributed by atoms with Crippen molar-refractivity contribution in [1.82, 2.24) is 4.90 Å². The zero-order valence-electron chi connectivity index (χ0n) is 12.3. The van der Waals surface area contributed by atoms with Gasteiger partial charge in [0.25, 0.3) is 0 Å². The van der Waals surface area contributed by atoms with E-state index in [1.165, 1.54) is 0 Å². The van der Waals surface area contributed by atoms with Crippen molar-refractivity contribution in [3.63, 3.8) is 0 Å². The Morgan fingerprint density at radius 1 is 1.33 bits per heavy atom. The lowest BCUT2D eigenvalue weighted by molar-refractivity contribution is 0.101. The molecule has 3 rings (SSSR count). The molecular weight excluding hydrogens is 268 g/mol. The van der Waals surface area contributed by atoms with Crippen molar-refractivity contribution in [3.8, 4) is 5.75 Å². The number of nitrogens with two attached hydrogens (primary N) is 1. The SMILES string of the molecule is CCOC(=O)N1CC2CC1CCC2Oc1ccc(N)cc1. The molecule has 3 unspecified atom stereocenters. The zero-order valence-corrected chi connectivity index (χ0v) is 12.3. The van der Waals surface area contributed by atoms with Crippen molar-refractivity contribution in [3.05, 3.63) is 24.3 Å². The minimum Gasteiger partial charge on any atom is -0.490 e. The van der Waals surface area contributed by atoms with Gasteiger partial charge in [0, 0.05) is 24.2 Å². The van der Waals surface area contributed by atoms with Gasteiger partial charge in [0.1, 0.15) is 11.9 Å². The molecule has 1 amide bonds. The fourth-order valence-electron chi connectivity index (χ4n) is 3.39. The summed E-state index contributed by atoms with van der Waals surface area (Å²) in [5.41, 5.74) is 6.42. The number of nitrogen functional groups attached to an aromatic ring is 1. The van der Waals surface area contributed by atoms with Gasteiger partial charge in [-0.2, -0.15) is 0 Å². The monoisotopic (exact) mass is 290 g/mol. The smallest absolute Gasteiger partial charge is 0.410 e. The summed E-state index contributed by atoms with van der Waals surface area (Å²) in [5.74, 6) is 1.24. The molecule has 0 spiro atoms. The number of nitrogens with zero attached hydrogens (tertiary/aromatic N) is 1. The van der Waals surface area contributed by atoms with Crippen molar-refractivity contribution >= 4 is 11.8 Å². The molecule has 1 aliphatic carbocycles. The summed E-state index contributed by atoms with van der Waals surface area (Å²) in [4.78, 5) is 13.8. The van der Waals surface area contributed by atoms with Crippen LogP contribution in [0.3, 0.4) is 0 Å². The van der Waals surface area contributed by atoms with Gasteiger partial charge >= 0.3 is 6.09 Å². The molecule has 1 aliphatic heterocycles. The van der Waals surface area contributed by atoms with Gasteiger partial charge in [-0.15, -0.1) is 0 Å². The molecule has 3 atom stereocenters. The number of amides is 1. The maximum Gasteiger partial charge on any atom is 0.410 e. The fraction of sp³-hybridized carbons (Fsp3) is 0.562. The summed E-state index contributed by atoms with van der Waals surface area (Å²) in [6.45, 7) is 3.01. The van der Waals surface area contributed by atoms with Crippen LogP contribution < -0.4 is 10.5 Å². The van der Waals surface area contributed by atoms with Crippen LogP contribution >= 0.6 is 0 Å². The highest BCUT2D eigenvalue weighted by atomic mass is 16.6. The zero-order chi connectivity index (χ0) is 14.8. The lowest BCUT2D eigenvalue weighted by atomic mass is 9.87. The molecule has 0 radical (unpaired) electrons. The van der Waals surface area contributed by atoms with E-state index in [4.69, 9.17) is 15.2 Å². The number of rotatable bonds is 3. The van der Waals surface area contributed by atoms with Gasteiger partial charge in [-0.1, -0.05) is 0 Å². The summed E-state index contributed by atoms with van der Waals surface area (Å²) >= 11 is 0. The average Bonchev–Trinajstić information content (AvgIpc) is 2.83. The first kappa shape index (κ1) is 14.0. The number of fused-ring (bicyclic) bond motifs is 2. The van der Waals surface area contributed by atoms with Crippen LogP contribution in [-0.2, 0) is 4.74 Å². The van der Waals surface area contributed by atoms with Gasteiger partial charge in [-0.25, -0.2) is 4.79 Å². The van der Waals surface area contributed by atoms with E-state index < -0.39 is 0 Å². The second kappa shape index (κ2) is 5.84. The Kier molecular flexibility index (Phi) is 3.90. The number of carbonyl (C=O) groups excluding carboxylic acids is 1. The summed E-state index contributed by atoms with van der Waals surface area (Å²) in [7, 11) is 0. The minimum absolute atomic E-state index is 0.171. The Hall–Kier alpha value is -1.91. The van der Waals surface area contributed by atoms with E-state index in [9.17, 15) is 4.79 Å². The Morgan fingerprint density at radius 3 is 2.81 bits per heavy atom. The van der Waals surface area contributed by atoms with Crippen LogP contribution in [0, 0.1) is 5.92 Å². The van der Waals surface area contributed by atoms with E-state index in [1.54, 1.807) is 0 Å². The molecular formula is C16H22N2O3. The number of carbonyl (C=O) groups is 1. The second-order valence-electron chi connectivity index (χ2n) is 5.80. The standard InChI is InChI=1S/C16H22N2O3/c1-2-20-16(19)18-10-11-9-13(18)5-8-15(11)21-14-6-3-12(17)4-7-14/h3-4,6-7,11,13,15H,2,5,8-10,17H2,1H3. The largest absolute Gasteiger partial charge is 0.490 e. The van der Waals surface area contributed by atoms with E-state index >= 15 is 0 Å². The number of benzene rings is 1. The third kappa shape index (κ3) is 2.91. The summed E-state index contributed by atoms with van der Waals surface area (Å²) in [6, 6.07) is 7.82. The van der Waals surface area contributed by atoms with E-state index in [2.05, 4.69) is 0 Å². The van der Waals surface area contributed by atoms with Gasteiger partial charge in [0.05, 0.1) is 6.61 Å². The normalized spacial score (nSPS) is 27.5. The summed E-state index contributed by atoms with van der Waals surface area (Å²) in [6.07, 6.45) is 2.96. The van der Waals surface area contributed by atoms with E-state index in [-0.39, 0.29) is 12.2 Å². The highest BCUT2D eigenvalue weighted by Crippen LogP contribution is 2.38. The van der Waals surface area contributed by atoms with Gasteiger partial charge in [0.15, 0.2) is 0 Å². The third-order valence-corrected chi connectivity index (χ3v) is 4.43. The number of hydrogen-bond acceptors (Lipinski definition) is 4. The highest BCUT2D eigenvalue weighted by molar-refractivity contribution is 5.68. The number of anilines is 1. The summed E-state index contributed by atoms with van der Waals surface area (Å²) in [5, 5.41) is 0. The number of likely N-dealkylation sites (tertiary alicyclic amines) is 1. The van der Waals surface area contributed by atoms with Crippen molar-refractivity contribution < 1.29 is 14.3 Å². The minimum atomic E-state index is -0.182. The van der Waals surface area contributed by atoms with Crippen molar-refractivity contribution in [2.24, 2.45) is 5.92 Å². The van der Waals surface area contributed by atoms with Gasteiger partial charge < -0.3 is 20.1 Å². The van der Waals surface area contributed by atoms with E-state index in [0.717, 1.165) is 37.2 Å². The van der Waals surface area contributed by atoms with Crippen molar-refractivity contribution in [2.75, 3.05) is 18.9 Å². The number of ether oxygens (including phenoxy) is 2. The van der Waals surface area contributed by atoms with Crippen LogP contribution in [0.2, 0.25) is 0 Å². The molecule has 2 N–H and O–H groups in total. The molecule has 114 valence electrons. The topological polar surface area (TPSA) is 64.8 Å². The molecule has 21 heavy (non-hydrogen) atoms. The molecule has 1 saturated heterocycles. The van der Waals surface area contributed by atoms with Crippen LogP contribution in [0.4, 0.5) is 10.5 Å². The first-order chi connectivity index (χ1) is 10.2. The Bertz CT molecular complexity index is 503. The fourth-order valence-corrected chi connectivity index (χ4v) is 3.39. The third-order valence-electron chi connectivity index (χ3n) is 4.43. The van der Waals surface area contributed by atoms with Crippen molar-refractivity contribution in [1.29, 1.82) is 0 Å². The molecule has 0 aromatic heterocycles. The maximum absolute atomic E-state index is 11.9.